The lowest BCUT2D eigenvalue weighted by Gasteiger charge is -2.34. The Morgan fingerprint density at radius 2 is 1.70 bits per heavy atom. The Bertz CT molecular complexity index is 873. The summed E-state index contributed by atoms with van der Waals surface area (Å²) in [6.07, 6.45) is 7.67. The van der Waals surface area contributed by atoms with Crippen LogP contribution in [0.3, 0.4) is 0 Å². The number of carbonyl (C=O) groups is 1. The van der Waals surface area contributed by atoms with E-state index in [0.29, 0.717) is 11.5 Å². The Balaban J connectivity index is 1.31. The first-order valence-electron chi connectivity index (χ1n) is 11.5. The number of rotatable bonds is 6. The largest absolute Gasteiger partial charge is 0.490 e. The zero-order chi connectivity index (χ0) is 21.1. The van der Waals surface area contributed by atoms with Gasteiger partial charge in [0.2, 0.25) is 0 Å². The van der Waals surface area contributed by atoms with Crippen molar-refractivity contribution in [3.8, 4) is 5.75 Å². The van der Waals surface area contributed by atoms with Gasteiger partial charge < -0.3 is 14.7 Å². The van der Waals surface area contributed by atoms with Crippen molar-refractivity contribution in [2.45, 2.75) is 64.9 Å². The van der Waals surface area contributed by atoms with Crippen LogP contribution < -0.4 is 4.74 Å². The molecular weight excluding hydrogens is 374 g/mol. The Morgan fingerprint density at radius 1 is 1.03 bits per heavy atom. The lowest BCUT2D eigenvalue weighted by atomic mass is 9.76. The summed E-state index contributed by atoms with van der Waals surface area (Å²) in [7, 11) is 0. The maximum Gasteiger partial charge on any atom is 0.306 e. The van der Waals surface area contributed by atoms with Crippen molar-refractivity contribution < 1.29 is 14.6 Å². The summed E-state index contributed by atoms with van der Waals surface area (Å²) < 4.78 is 6.29. The number of ether oxygens (including phenoxy) is 1. The van der Waals surface area contributed by atoms with Gasteiger partial charge in [-0.15, -0.1) is 0 Å². The molecule has 2 fully saturated rings. The Labute approximate surface area is 180 Å². The fourth-order valence-corrected chi connectivity index (χ4v) is 4.88. The zero-order valence-electron chi connectivity index (χ0n) is 18.4. The highest BCUT2D eigenvalue weighted by Crippen LogP contribution is 2.37. The van der Waals surface area contributed by atoms with Gasteiger partial charge in [-0.25, -0.2) is 0 Å². The van der Waals surface area contributed by atoms with Crippen LogP contribution in [0.25, 0.3) is 10.8 Å². The van der Waals surface area contributed by atoms with Gasteiger partial charge in [-0.05, 0) is 91.9 Å². The van der Waals surface area contributed by atoms with Gasteiger partial charge >= 0.3 is 5.97 Å². The van der Waals surface area contributed by atoms with Gasteiger partial charge in [0, 0.05) is 6.54 Å². The second-order valence-electron chi connectivity index (χ2n) is 10.0. The summed E-state index contributed by atoms with van der Waals surface area (Å²) in [5.74, 6) is 0.194. The lowest BCUT2D eigenvalue weighted by molar-refractivity contribution is -0.143. The van der Waals surface area contributed by atoms with Crippen molar-refractivity contribution in [3.05, 3.63) is 42.0 Å². The topological polar surface area (TPSA) is 49.8 Å². The molecule has 0 aromatic heterocycles. The molecule has 0 amide bonds. The molecule has 2 aromatic rings. The van der Waals surface area contributed by atoms with E-state index in [-0.39, 0.29) is 5.92 Å². The average molecular weight is 410 g/mol. The third-order valence-corrected chi connectivity index (χ3v) is 7.12. The zero-order valence-corrected chi connectivity index (χ0v) is 18.4. The summed E-state index contributed by atoms with van der Waals surface area (Å²) in [4.78, 5) is 13.5. The molecule has 1 aliphatic carbocycles. The van der Waals surface area contributed by atoms with Gasteiger partial charge in [0.25, 0.3) is 0 Å². The van der Waals surface area contributed by atoms with E-state index >= 15 is 0 Å². The number of aliphatic carboxylic acids is 1. The lowest BCUT2D eigenvalue weighted by Crippen LogP contribution is -2.37. The van der Waals surface area contributed by atoms with Crippen LogP contribution in [0.1, 0.15) is 57.9 Å². The van der Waals surface area contributed by atoms with Crippen LogP contribution in [0.4, 0.5) is 0 Å². The summed E-state index contributed by atoms with van der Waals surface area (Å²) in [6.45, 7) is 7.49. The van der Waals surface area contributed by atoms with E-state index in [2.05, 4.69) is 55.1 Å². The first-order chi connectivity index (χ1) is 14.4. The highest BCUT2D eigenvalue weighted by Gasteiger charge is 2.28. The molecule has 162 valence electrons. The van der Waals surface area contributed by atoms with Crippen LogP contribution in [-0.2, 0) is 11.2 Å². The maximum atomic E-state index is 11.1. The number of carboxylic acid groups (broad SMARTS) is 1. The molecule has 2 aliphatic rings. The minimum Gasteiger partial charge on any atom is -0.490 e. The Hall–Kier alpha value is -2.07. The van der Waals surface area contributed by atoms with Crippen molar-refractivity contribution in [2.24, 2.45) is 11.3 Å². The third-order valence-electron chi connectivity index (χ3n) is 7.12. The maximum absolute atomic E-state index is 11.1. The number of hydrogen-bond donors (Lipinski definition) is 1. The predicted octanol–water partition coefficient (Wildman–Crippen LogP) is 5.53. The molecule has 2 aromatic carbocycles. The van der Waals surface area contributed by atoms with E-state index in [0.717, 1.165) is 57.5 Å². The molecule has 1 N–H and O–H groups in total. The highest BCUT2D eigenvalue weighted by molar-refractivity contribution is 5.84. The molecule has 30 heavy (non-hydrogen) atoms. The van der Waals surface area contributed by atoms with Crippen molar-refractivity contribution in [2.75, 3.05) is 19.6 Å². The number of fused-ring (bicyclic) bond motifs is 1. The smallest absolute Gasteiger partial charge is 0.306 e. The number of benzene rings is 2. The predicted molar refractivity (Wildman–Crippen MR) is 121 cm³/mol. The summed E-state index contributed by atoms with van der Waals surface area (Å²) >= 11 is 0. The van der Waals surface area contributed by atoms with Crippen LogP contribution in [0, 0.1) is 11.3 Å². The molecule has 0 bridgehead atoms. The number of carboxylic acids is 1. The summed E-state index contributed by atoms with van der Waals surface area (Å²) in [5, 5.41) is 11.6. The molecule has 4 rings (SSSR count). The van der Waals surface area contributed by atoms with Crippen LogP contribution in [0.5, 0.6) is 5.75 Å². The average Bonchev–Trinajstić information content (AvgIpc) is 2.74. The number of likely N-dealkylation sites (tertiary alicyclic amines) is 1. The van der Waals surface area contributed by atoms with E-state index in [1.54, 1.807) is 0 Å². The van der Waals surface area contributed by atoms with Gasteiger partial charge in [0.15, 0.2) is 0 Å². The monoisotopic (exact) mass is 409 g/mol. The first kappa shape index (κ1) is 21.2. The van der Waals surface area contributed by atoms with Crippen LogP contribution in [0.2, 0.25) is 0 Å². The van der Waals surface area contributed by atoms with Crippen molar-refractivity contribution in [1.82, 2.24) is 4.90 Å². The van der Waals surface area contributed by atoms with Crippen molar-refractivity contribution in [1.29, 1.82) is 0 Å². The molecule has 0 spiro atoms. The minimum absolute atomic E-state index is 0.154. The number of piperidine rings is 1. The molecule has 1 heterocycles. The summed E-state index contributed by atoms with van der Waals surface area (Å²) in [6, 6.07) is 13.2. The SMILES string of the molecule is CC1(C)CCC(Oc2ccc3cc(CCN4CCC(C(=O)O)CC4)ccc3c2)CC1. The van der Waals surface area contributed by atoms with Crippen LogP contribution in [-0.4, -0.2) is 41.7 Å². The molecule has 0 unspecified atom stereocenters. The van der Waals surface area contributed by atoms with E-state index in [1.165, 1.54) is 29.2 Å². The normalized spacial score (nSPS) is 21.0. The number of nitrogens with zero attached hydrogens (tertiary/aromatic N) is 1. The third kappa shape index (κ3) is 5.34. The second kappa shape index (κ2) is 8.97. The standard InChI is InChI=1S/C26H35NO3/c1-26(2)12-7-23(8-13-26)30-24-6-5-21-17-19(3-4-22(21)18-24)9-14-27-15-10-20(11-16-27)25(28)29/h3-6,17-18,20,23H,7-16H2,1-2H3,(H,28,29). The van der Waals surface area contributed by atoms with Gasteiger partial charge in [0.05, 0.1) is 12.0 Å². The Kier molecular flexibility index (Phi) is 6.33. The van der Waals surface area contributed by atoms with Crippen molar-refractivity contribution in [3.63, 3.8) is 0 Å². The first-order valence-corrected chi connectivity index (χ1v) is 11.5. The van der Waals surface area contributed by atoms with Gasteiger partial charge in [-0.2, -0.15) is 0 Å². The quantitative estimate of drug-likeness (QED) is 0.682. The molecule has 0 atom stereocenters. The fraction of sp³-hybridized carbons (Fsp3) is 0.577. The van der Waals surface area contributed by atoms with Gasteiger partial charge in [-0.3, -0.25) is 4.79 Å². The molecule has 4 heteroatoms. The second-order valence-corrected chi connectivity index (χ2v) is 10.0. The van der Waals surface area contributed by atoms with E-state index in [9.17, 15) is 4.79 Å². The van der Waals surface area contributed by atoms with Crippen LogP contribution >= 0.6 is 0 Å². The fourth-order valence-electron chi connectivity index (χ4n) is 4.88. The highest BCUT2D eigenvalue weighted by atomic mass is 16.5. The molecular formula is C26H35NO3. The molecule has 1 saturated carbocycles. The van der Waals surface area contributed by atoms with E-state index in [4.69, 9.17) is 9.84 Å². The summed E-state index contributed by atoms with van der Waals surface area (Å²) in [5.41, 5.74) is 1.80. The Morgan fingerprint density at radius 3 is 2.40 bits per heavy atom. The molecule has 1 saturated heterocycles. The van der Waals surface area contributed by atoms with Crippen molar-refractivity contribution >= 4 is 16.7 Å². The van der Waals surface area contributed by atoms with Gasteiger partial charge in [0.1, 0.15) is 5.75 Å². The molecule has 1 aliphatic heterocycles. The van der Waals surface area contributed by atoms with E-state index in [1.807, 2.05) is 0 Å². The molecule has 0 radical (unpaired) electrons. The van der Waals surface area contributed by atoms with Gasteiger partial charge in [-0.1, -0.05) is 38.1 Å². The minimum atomic E-state index is -0.639. The molecule has 4 nitrogen and oxygen atoms in total. The van der Waals surface area contributed by atoms with Crippen LogP contribution in [0.15, 0.2) is 36.4 Å². The van der Waals surface area contributed by atoms with E-state index < -0.39 is 5.97 Å². The number of hydrogen-bond acceptors (Lipinski definition) is 3.